The summed E-state index contributed by atoms with van der Waals surface area (Å²) in [5.74, 6) is 1.31. The molecule has 0 bridgehead atoms. The molecule has 2 aromatic heterocycles. The zero-order chi connectivity index (χ0) is 14.7. The lowest BCUT2D eigenvalue weighted by Gasteiger charge is -2.03. The third kappa shape index (κ3) is 3.05. The summed E-state index contributed by atoms with van der Waals surface area (Å²) < 4.78 is 11.1. The van der Waals surface area contributed by atoms with Crippen LogP contribution >= 0.6 is 0 Å². The molecule has 0 fully saturated rings. The molecule has 21 heavy (non-hydrogen) atoms. The highest BCUT2D eigenvalue weighted by atomic mass is 16.5. The molecule has 3 rings (SSSR count). The molecule has 0 N–H and O–H groups in total. The molecular formula is C15H14N4O2. The minimum Gasteiger partial charge on any atom is -0.467 e. The molecule has 1 aromatic carbocycles. The van der Waals surface area contributed by atoms with Gasteiger partial charge in [0, 0.05) is 11.6 Å². The smallest absolute Gasteiger partial charge is 0.254 e. The van der Waals surface area contributed by atoms with Gasteiger partial charge in [0.05, 0.1) is 5.69 Å². The van der Waals surface area contributed by atoms with Crippen LogP contribution in [-0.4, -0.2) is 20.4 Å². The average Bonchev–Trinajstić information content (AvgIpc) is 2.98. The molecule has 3 aromatic rings. The van der Waals surface area contributed by atoms with Gasteiger partial charge < -0.3 is 9.15 Å². The van der Waals surface area contributed by atoms with Crippen LogP contribution in [0.2, 0.25) is 0 Å². The number of ether oxygens (including phenoxy) is 1. The van der Waals surface area contributed by atoms with E-state index in [-0.39, 0.29) is 6.61 Å². The van der Waals surface area contributed by atoms with E-state index in [1.54, 1.807) is 0 Å². The van der Waals surface area contributed by atoms with Gasteiger partial charge in [-0.15, -0.1) is 15.3 Å². The average molecular weight is 282 g/mol. The minimum absolute atomic E-state index is 0.164. The highest BCUT2D eigenvalue weighted by Crippen LogP contribution is 2.18. The van der Waals surface area contributed by atoms with Gasteiger partial charge in [-0.1, -0.05) is 18.2 Å². The van der Waals surface area contributed by atoms with E-state index in [0.29, 0.717) is 17.7 Å². The molecule has 6 nitrogen and oxygen atoms in total. The Morgan fingerprint density at radius 1 is 1.00 bits per heavy atom. The monoisotopic (exact) mass is 282 g/mol. The molecule has 0 aliphatic rings. The number of aromatic nitrogens is 4. The molecule has 0 unspecified atom stereocenters. The molecule has 106 valence electrons. The number of benzene rings is 1. The quantitative estimate of drug-likeness (QED) is 0.732. The van der Waals surface area contributed by atoms with Gasteiger partial charge in [0.1, 0.15) is 0 Å². The van der Waals surface area contributed by atoms with Crippen molar-refractivity contribution in [3.8, 4) is 17.3 Å². The summed E-state index contributed by atoms with van der Waals surface area (Å²) in [6.07, 6.45) is 0. The second kappa shape index (κ2) is 5.70. The summed E-state index contributed by atoms with van der Waals surface area (Å²) in [7, 11) is 0. The van der Waals surface area contributed by atoms with Gasteiger partial charge >= 0.3 is 0 Å². The first-order valence-electron chi connectivity index (χ1n) is 6.54. The van der Waals surface area contributed by atoms with Crippen LogP contribution in [0.3, 0.4) is 0 Å². The van der Waals surface area contributed by atoms with Crippen LogP contribution in [-0.2, 0) is 6.61 Å². The van der Waals surface area contributed by atoms with E-state index in [1.807, 2.05) is 50.2 Å². The Bertz CT molecular complexity index is 740. The van der Waals surface area contributed by atoms with Crippen molar-refractivity contribution in [2.45, 2.75) is 20.5 Å². The van der Waals surface area contributed by atoms with Crippen molar-refractivity contribution in [2.75, 3.05) is 0 Å². The highest BCUT2D eigenvalue weighted by molar-refractivity contribution is 5.51. The lowest BCUT2D eigenvalue weighted by atomic mass is 10.2. The van der Waals surface area contributed by atoms with Crippen molar-refractivity contribution in [2.24, 2.45) is 0 Å². The lowest BCUT2D eigenvalue weighted by Crippen LogP contribution is -2.00. The molecule has 0 aliphatic carbocycles. The Labute approximate surface area is 121 Å². The maximum atomic E-state index is 5.55. The van der Waals surface area contributed by atoms with Gasteiger partial charge in [-0.2, -0.15) is 5.10 Å². The molecule has 0 aliphatic heterocycles. The van der Waals surface area contributed by atoms with Crippen LogP contribution in [0.25, 0.3) is 11.5 Å². The number of hydrogen-bond donors (Lipinski definition) is 0. The van der Waals surface area contributed by atoms with Gasteiger partial charge in [0.2, 0.25) is 11.8 Å². The zero-order valence-electron chi connectivity index (χ0n) is 11.8. The molecule has 0 spiro atoms. The Kier molecular flexibility index (Phi) is 3.59. The SMILES string of the molecule is Cc1cc(OCc2nnc(-c3ccccc3)o2)nnc1C. The van der Waals surface area contributed by atoms with E-state index in [2.05, 4.69) is 20.4 Å². The van der Waals surface area contributed by atoms with Gasteiger partial charge in [-0.05, 0) is 31.5 Å². The fraction of sp³-hybridized carbons (Fsp3) is 0.200. The summed E-state index contributed by atoms with van der Waals surface area (Å²) in [5.41, 5.74) is 2.78. The van der Waals surface area contributed by atoms with Crippen LogP contribution in [0.5, 0.6) is 5.88 Å². The van der Waals surface area contributed by atoms with Crippen LogP contribution in [0, 0.1) is 13.8 Å². The fourth-order valence-corrected chi connectivity index (χ4v) is 1.74. The zero-order valence-corrected chi connectivity index (χ0v) is 11.8. The standard InChI is InChI=1S/C15H14N4O2/c1-10-8-13(17-16-11(10)2)20-9-14-18-19-15(21-14)12-6-4-3-5-7-12/h3-8H,9H2,1-2H3. The Balaban J connectivity index is 1.69. The summed E-state index contributed by atoms with van der Waals surface area (Å²) in [5, 5.41) is 15.9. The third-order valence-electron chi connectivity index (χ3n) is 3.04. The van der Waals surface area contributed by atoms with Gasteiger partial charge in [0.25, 0.3) is 5.89 Å². The summed E-state index contributed by atoms with van der Waals surface area (Å²) in [6, 6.07) is 11.4. The Hall–Kier alpha value is -2.76. The molecule has 0 atom stereocenters. The first-order chi connectivity index (χ1) is 10.2. The normalized spacial score (nSPS) is 10.6. The van der Waals surface area contributed by atoms with Crippen molar-refractivity contribution in [1.82, 2.24) is 20.4 Å². The molecule has 6 heteroatoms. The second-order valence-corrected chi connectivity index (χ2v) is 4.61. The summed E-state index contributed by atoms with van der Waals surface area (Å²) in [6.45, 7) is 4.02. The second-order valence-electron chi connectivity index (χ2n) is 4.61. The largest absolute Gasteiger partial charge is 0.467 e. The maximum Gasteiger partial charge on any atom is 0.254 e. The van der Waals surface area contributed by atoms with E-state index in [0.717, 1.165) is 16.8 Å². The van der Waals surface area contributed by atoms with Crippen LogP contribution in [0.4, 0.5) is 0 Å². The highest BCUT2D eigenvalue weighted by Gasteiger charge is 2.09. The molecule has 0 radical (unpaired) electrons. The molecule has 0 saturated carbocycles. The summed E-state index contributed by atoms with van der Waals surface area (Å²) >= 11 is 0. The van der Waals surface area contributed by atoms with Crippen LogP contribution in [0.15, 0.2) is 40.8 Å². The van der Waals surface area contributed by atoms with Crippen molar-refractivity contribution in [3.63, 3.8) is 0 Å². The predicted octanol–water partition coefficient (Wildman–Crippen LogP) is 2.72. The van der Waals surface area contributed by atoms with E-state index in [4.69, 9.17) is 9.15 Å². The van der Waals surface area contributed by atoms with Crippen LogP contribution < -0.4 is 4.74 Å². The number of hydrogen-bond acceptors (Lipinski definition) is 6. The Morgan fingerprint density at radius 3 is 2.57 bits per heavy atom. The number of rotatable bonds is 4. The van der Waals surface area contributed by atoms with Crippen molar-refractivity contribution in [1.29, 1.82) is 0 Å². The fourth-order valence-electron chi connectivity index (χ4n) is 1.74. The topological polar surface area (TPSA) is 73.9 Å². The van der Waals surface area contributed by atoms with Gasteiger partial charge in [-0.25, -0.2) is 0 Å². The lowest BCUT2D eigenvalue weighted by molar-refractivity contribution is 0.252. The van der Waals surface area contributed by atoms with E-state index in [9.17, 15) is 0 Å². The predicted molar refractivity (Wildman–Crippen MR) is 75.6 cm³/mol. The van der Waals surface area contributed by atoms with E-state index >= 15 is 0 Å². The molecular weight excluding hydrogens is 268 g/mol. The third-order valence-corrected chi connectivity index (χ3v) is 3.04. The first kappa shape index (κ1) is 13.2. The van der Waals surface area contributed by atoms with Crippen molar-refractivity contribution < 1.29 is 9.15 Å². The van der Waals surface area contributed by atoms with Crippen LogP contribution in [0.1, 0.15) is 17.1 Å². The molecule has 0 saturated heterocycles. The molecule has 0 amide bonds. The number of nitrogens with zero attached hydrogens (tertiary/aromatic N) is 4. The van der Waals surface area contributed by atoms with Gasteiger partial charge in [-0.3, -0.25) is 0 Å². The maximum absolute atomic E-state index is 5.55. The first-order valence-corrected chi connectivity index (χ1v) is 6.54. The molecule has 2 heterocycles. The van der Waals surface area contributed by atoms with Crippen molar-refractivity contribution >= 4 is 0 Å². The minimum atomic E-state index is 0.164. The van der Waals surface area contributed by atoms with Gasteiger partial charge in [0.15, 0.2) is 6.61 Å². The summed E-state index contributed by atoms with van der Waals surface area (Å²) in [4.78, 5) is 0. The Morgan fingerprint density at radius 2 is 1.81 bits per heavy atom. The van der Waals surface area contributed by atoms with E-state index < -0.39 is 0 Å². The van der Waals surface area contributed by atoms with E-state index in [1.165, 1.54) is 0 Å². The number of aryl methyl sites for hydroxylation is 2. The van der Waals surface area contributed by atoms with Crippen molar-refractivity contribution in [3.05, 3.63) is 53.5 Å².